The molecular formula is C25H16ClN7O2S. The summed E-state index contributed by atoms with van der Waals surface area (Å²) in [4.78, 5) is 35.6. The summed E-state index contributed by atoms with van der Waals surface area (Å²) in [5.41, 5.74) is 4.70. The maximum absolute atomic E-state index is 13.3. The number of hydrogen-bond donors (Lipinski definition) is 1. The molecule has 36 heavy (non-hydrogen) atoms. The number of thiazole rings is 1. The summed E-state index contributed by atoms with van der Waals surface area (Å²) in [6.45, 7) is 1.83. The molecule has 0 atom stereocenters. The monoisotopic (exact) mass is 513 g/mol. The number of nitrogens with zero attached hydrogens (tertiary/aromatic N) is 6. The lowest BCUT2D eigenvalue weighted by Gasteiger charge is -2.13. The van der Waals surface area contributed by atoms with Crippen molar-refractivity contribution in [2.75, 3.05) is 12.4 Å². The van der Waals surface area contributed by atoms with Gasteiger partial charge in [0.1, 0.15) is 10.9 Å². The predicted molar refractivity (Wildman–Crippen MR) is 137 cm³/mol. The molecule has 4 aromatic heterocycles. The Hall–Kier alpha value is -4.46. The number of nitrogens with one attached hydrogen (secondary N) is 1. The van der Waals surface area contributed by atoms with Crippen LogP contribution < -0.4 is 10.1 Å². The normalized spacial score (nSPS) is 10.7. The van der Waals surface area contributed by atoms with Crippen molar-refractivity contribution in [3.63, 3.8) is 0 Å². The summed E-state index contributed by atoms with van der Waals surface area (Å²) >= 11 is 7.33. The van der Waals surface area contributed by atoms with Gasteiger partial charge >= 0.3 is 0 Å². The van der Waals surface area contributed by atoms with Crippen LogP contribution >= 0.6 is 22.9 Å². The van der Waals surface area contributed by atoms with Crippen LogP contribution in [0.25, 0.3) is 32.9 Å². The molecule has 0 aliphatic carbocycles. The summed E-state index contributed by atoms with van der Waals surface area (Å²) in [5, 5.41) is 12.4. The highest BCUT2D eigenvalue weighted by molar-refractivity contribution is 7.21. The number of carbonyl (C=O) groups is 1. The topological polar surface area (TPSA) is 127 Å². The van der Waals surface area contributed by atoms with Crippen molar-refractivity contribution in [2.24, 2.45) is 0 Å². The SMILES string of the molecule is COc1cnc(Cl)cc1-c1cc(C)ncc1C(=O)Nc1nc2ncc(-c3ccc(C#N)cc3)nc2s1. The van der Waals surface area contributed by atoms with Gasteiger partial charge in [0.15, 0.2) is 15.6 Å². The van der Waals surface area contributed by atoms with E-state index in [2.05, 4.69) is 36.3 Å². The number of fused-ring (bicyclic) bond motifs is 1. The number of amides is 1. The van der Waals surface area contributed by atoms with E-state index >= 15 is 0 Å². The Morgan fingerprint density at radius 1 is 1.06 bits per heavy atom. The van der Waals surface area contributed by atoms with Crippen molar-refractivity contribution < 1.29 is 9.53 Å². The number of ether oxygens (including phenoxy) is 1. The Bertz CT molecular complexity index is 1660. The smallest absolute Gasteiger partial charge is 0.259 e. The molecule has 11 heteroatoms. The van der Waals surface area contributed by atoms with Crippen LogP contribution in [-0.2, 0) is 0 Å². The minimum Gasteiger partial charge on any atom is -0.494 e. The maximum Gasteiger partial charge on any atom is 0.259 e. The fourth-order valence-electron chi connectivity index (χ4n) is 3.55. The number of carbonyl (C=O) groups excluding carboxylic acids is 1. The lowest BCUT2D eigenvalue weighted by Crippen LogP contribution is -2.14. The van der Waals surface area contributed by atoms with Gasteiger partial charge in [-0.3, -0.25) is 15.1 Å². The molecule has 5 rings (SSSR count). The van der Waals surface area contributed by atoms with Crippen LogP contribution in [0.2, 0.25) is 5.15 Å². The highest BCUT2D eigenvalue weighted by Crippen LogP contribution is 2.34. The minimum atomic E-state index is -0.404. The maximum atomic E-state index is 13.3. The van der Waals surface area contributed by atoms with E-state index in [-0.39, 0.29) is 5.15 Å². The Balaban J connectivity index is 1.47. The van der Waals surface area contributed by atoms with E-state index < -0.39 is 5.91 Å². The van der Waals surface area contributed by atoms with E-state index in [1.807, 2.05) is 19.1 Å². The molecule has 0 saturated carbocycles. The van der Waals surface area contributed by atoms with Crippen LogP contribution in [0.5, 0.6) is 5.75 Å². The highest BCUT2D eigenvalue weighted by Gasteiger charge is 2.20. The number of methoxy groups -OCH3 is 1. The third kappa shape index (κ3) is 4.57. The molecule has 0 saturated heterocycles. The number of benzene rings is 1. The van der Waals surface area contributed by atoms with Gasteiger partial charge in [-0.15, -0.1) is 0 Å². The van der Waals surface area contributed by atoms with Crippen molar-refractivity contribution >= 4 is 44.5 Å². The first-order chi connectivity index (χ1) is 17.4. The fourth-order valence-corrected chi connectivity index (χ4v) is 4.50. The number of aryl methyl sites for hydroxylation is 1. The molecule has 9 nitrogen and oxygen atoms in total. The van der Waals surface area contributed by atoms with Gasteiger partial charge in [0.25, 0.3) is 5.91 Å². The summed E-state index contributed by atoms with van der Waals surface area (Å²) in [6, 6.07) is 12.6. The van der Waals surface area contributed by atoms with Crippen molar-refractivity contribution in [3.05, 3.63) is 77.0 Å². The van der Waals surface area contributed by atoms with Crippen molar-refractivity contribution in [2.45, 2.75) is 6.92 Å². The fraction of sp³-hybridized carbons (Fsp3) is 0.0800. The number of aromatic nitrogens is 5. The van der Waals surface area contributed by atoms with Crippen molar-refractivity contribution in [1.29, 1.82) is 5.26 Å². The first-order valence-corrected chi connectivity index (χ1v) is 11.8. The van der Waals surface area contributed by atoms with Gasteiger partial charge in [-0.1, -0.05) is 35.1 Å². The number of nitriles is 1. The minimum absolute atomic E-state index is 0.271. The zero-order chi connectivity index (χ0) is 25.2. The highest BCUT2D eigenvalue weighted by atomic mass is 35.5. The molecule has 5 aromatic rings. The van der Waals surface area contributed by atoms with E-state index in [0.29, 0.717) is 49.3 Å². The van der Waals surface area contributed by atoms with Gasteiger partial charge in [0.2, 0.25) is 0 Å². The molecule has 0 fully saturated rings. The molecule has 0 aliphatic rings. The lowest BCUT2D eigenvalue weighted by atomic mass is 10.0. The molecule has 0 unspecified atom stereocenters. The summed E-state index contributed by atoms with van der Waals surface area (Å²) in [6.07, 6.45) is 4.61. The molecule has 4 heterocycles. The molecule has 1 N–H and O–H groups in total. The van der Waals surface area contributed by atoms with Gasteiger partial charge in [0.05, 0.1) is 42.4 Å². The van der Waals surface area contributed by atoms with Crippen LogP contribution in [0, 0.1) is 18.3 Å². The summed E-state index contributed by atoms with van der Waals surface area (Å²) in [5.74, 6) is 0.0710. The standard InChI is InChI=1S/C25H16ClN7O2S/c1-13-7-16(17-8-21(26)29-12-20(17)35-2)18(10-28-13)23(34)33-25-32-22-24(36-25)31-19(11-30-22)15-5-3-14(9-27)4-6-15/h3-8,10-12H,1-2H3,(H,30,32,33,34). The zero-order valence-corrected chi connectivity index (χ0v) is 20.6. The average Bonchev–Trinajstić information content (AvgIpc) is 3.30. The van der Waals surface area contributed by atoms with Gasteiger partial charge in [-0.2, -0.15) is 10.2 Å². The second-order valence-corrected chi connectivity index (χ2v) is 8.99. The van der Waals surface area contributed by atoms with Crippen LogP contribution in [0.1, 0.15) is 21.6 Å². The second kappa shape index (κ2) is 9.65. The van der Waals surface area contributed by atoms with E-state index in [0.717, 1.165) is 11.3 Å². The van der Waals surface area contributed by atoms with Crippen LogP contribution in [0.4, 0.5) is 5.13 Å². The first-order valence-electron chi connectivity index (χ1n) is 10.6. The number of pyridine rings is 2. The van der Waals surface area contributed by atoms with E-state index in [1.54, 1.807) is 30.5 Å². The van der Waals surface area contributed by atoms with Crippen molar-refractivity contribution in [3.8, 4) is 34.2 Å². The van der Waals surface area contributed by atoms with E-state index in [1.165, 1.54) is 30.8 Å². The molecule has 0 bridgehead atoms. The first kappa shape index (κ1) is 23.3. The number of rotatable bonds is 5. The lowest BCUT2D eigenvalue weighted by molar-refractivity contribution is 0.102. The van der Waals surface area contributed by atoms with Crippen molar-refractivity contribution in [1.82, 2.24) is 24.9 Å². The van der Waals surface area contributed by atoms with Crippen LogP contribution in [0.3, 0.4) is 0 Å². The quantitative estimate of drug-likeness (QED) is 0.313. The average molecular weight is 514 g/mol. The molecule has 0 spiro atoms. The number of halogens is 1. The Morgan fingerprint density at radius 3 is 2.61 bits per heavy atom. The number of anilines is 1. The largest absolute Gasteiger partial charge is 0.494 e. The van der Waals surface area contributed by atoms with Crippen LogP contribution in [-0.4, -0.2) is 37.9 Å². The Morgan fingerprint density at radius 2 is 1.86 bits per heavy atom. The molecule has 0 aliphatic heterocycles. The van der Waals surface area contributed by atoms with E-state index in [4.69, 9.17) is 21.6 Å². The van der Waals surface area contributed by atoms with Gasteiger partial charge in [-0.25, -0.2) is 15.0 Å². The molecular weight excluding hydrogens is 498 g/mol. The van der Waals surface area contributed by atoms with Gasteiger partial charge in [0, 0.05) is 28.6 Å². The summed E-state index contributed by atoms with van der Waals surface area (Å²) in [7, 11) is 1.52. The Labute approximate surface area is 214 Å². The van der Waals surface area contributed by atoms with Gasteiger partial charge in [-0.05, 0) is 31.2 Å². The molecule has 1 amide bonds. The summed E-state index contributed by atoms with van der Waals surface area (Å²) < 4.78 is 5.43. The third-order valence-corrected chi connectivity index (χ3v) is 6.34. The third-order valence-electron chi connectivity index (χ3n) is 5.28. The molecule has 176 valence electrons. The number of hydrogen-bond acceptors (Lipinski definition) is 9. The van der Waals surface area contributed by atoms with E-state index in [9.17, 15) is 4.79 Å². The second-order valence-electron chi connectivity index (χ2n) is 7.62. The Kier molecular flexibility index (Phi) is 6.25. The predicted octanol–water partition coefficient (Wildman–Crippen LogP) is 5.30. The molecule has 1 aromatic carbocycles. The van der Waals surface area contributed by atoms with Crippen LogP contribution in [0.15, 0.2) is 55.0 Å². The zero-order valence-electron chi connectivity index (χ0n) is 19.0. The molecule has 0 radical (unpaired) electrons. The van der Waals surface area contributed by atoms with Gasteiger partial charge < -0.3 is 4.74 Å².